The van der Waals surface area contributed by atoms with Crippen LogP contribution in [0.4, 0.5) is 5.69 Å². The van der Waals surface area contributed by atoms with Crippen LogP contribution in [0.1, 0.15) is 5.56 Å². The number of ether oxygens (including phenoxy) is 1. The van der Waals surface area contributed by atoms with Gasteiger partial charge in [0.15, 0.2) is 0 Å². The molecule has 0 saturated heterocycles. The zero-order valence-corrected chi connectivity index (χ0v) is 15.5. The van der Waals surface area contributed by atoms with Crippen LogP contribution in [-0.4, -0.2) is 34.2 Å². The first-order chi connectivity index (χ1) is 11.8. The third-order valence-corrected chi connectivity index (χ3v) is 4.81. The second-order valence-electron chi connectivity index (χ2n) is 5.37. The molecule has 1 amide bonds. The van der Waals surface area contributed by atoms with Crippen LogP contribution in [0.3, 0.4) is 0 Å². The van der Waals surface area contributed by atoms with E-state index in [1.165, 1.54) is 6.07 Å². The van der Waals surface area contributed by atoms with Crippen LogP contribution in [0.15, 0.2) is 48.5 Å². The van der Waals surface area contributed by atoms with Gasteiger partial charge < -0.3 is 10.1 Å². The van der Waals surface area contributed by atoms with Gasteiger partial charge in [-0.2, -0.15) is 0 Å². The number of carbonyl (C=O) groups is 1. The molecular weight excluding hydrogens is 364 g/mol. The van der Waals surface area contributed by atoms with Gasteiger partial charge >= 0.3 is 0 Å². The molecule has 6 nitrogen and oxygen atoms in total. The van der Waals surface area contributed by atoms with Crippen molar-refractivity contribution >= 4 is 33.2 Å². The van der Waals surface area contributed by atoms with Crippen molar-refractivity contribution < 1.29 is 17.9 Å². The van der Waals surface area contributed by atoms with Crippen molar-refractivity contribution in [1.82, 2.24) is 5.32 Å². The van der Waals surface area contributed by atoms with Gasteiger partial charge in [-0.25, -0.2) is 8.42 Å². The summed E-state index contributed by atoms with van der Waals surface area (Å²) in [7, 11) is -2.05. The topological polar surface area (TPSA) is 75.7 Å². The number of carbonyl (C=O) groups excluding carboxylic acids is 1. The number of amides is 1. The summed E-state index contributed by atoms with van der Waals surface area (Å²) in [4.78, 5) is 12.2. The molecule has 2 aromatic rings. The zero-order chi connectivity index (χ0) is 18.4. The molecule has 2 aromatic carbocycles. The minimum atomic E-state index is -3.62. The number of hydrogen-bond acceptors (Lipinski definition) is 4. The van der Waals surface area contributed by atoms with E-state index in [1.807, 2.05) is 12.1 Å². The summed E-state index contributed by atoms with van der Waals surface area (Å²) >= 11 is 5.91. The first-order valence-corrected chi connectivity index (χ1v) is 9.65. The van der Waals surface area contributed by atoms with Crippen molar-refractivity contribution in [3.8, 4) is 5.75 Å². The Kier molecular flexibility index (Phi) is 6.27. The molecule has 2 rings (SSSR count). The lowest BCUT2D eigenvalue weighted by molar-refractivity contribution is -0.119. The molecule has 0 radical (unpaired) electrons. The van der Waals surface area contributed by atoms with Gasteiger partial charge in [-0.3, -0.25) is 9.10 Å². The van der Waals surface area contributed by atoms with Gasteiger partial charge in [0.05, 0.1) is 19.1 Å². The fourth-order valence-electron chi connectivity index (χ4n) is 2.16. The van der Waals surface area contributed by atoms with Gasteiger partial charge in [-0.1, -0.05) is 29.8 Å². The number of benzene rings is 2. The fourth-order valence-corrected chi connectivity index (χ4v) is 3.19. The third-order valence-electron chi connectivity index (χ3n) is 3.43. The van der Waals surface area contributed by atoms with E-state index < -0.39 is 15.9 Å². The summed E-state index contributed by atoms with van der Waals surface area (Å²) < 4.78 is 30.1. The number of nitrogens with one attached hydrogen (secondary N) is 1. The molecule has 0 unspecified atom stereocenters. The van der Waals surface area contributed by atoms with Gasteiger partial charge in [-0.05, 0) is 35.9 Å². The molecule has 0 aliphatic carbocycles. The number of rotatable bonds is 7. The summed E-state index contributed by atoms with van der Waals surface area (Å²) in [5.41, 5.74) is 1.22. The van der Waals surface area contributed by atoms with E-state index in [9.17, 15) is 13.2 Å². The van der Waals surface area contributed by atoms with Crippen LogP contribution in [0.25, 0.3) is 0 Å². The average molecular weight is 383 g/mol. The van der Waals surface area contributed by atoms with E-state index in [4.69, 9.17) is 16.3 Å². The van der Waals surface area contributed by atoms with Crippen LogP contribution in [0.2, 0.25) is 5.02 Å². The Bertz CT molecular complexity index is 838. The molecule has 25 heavy (non-hydrogen) atoms. The molecule has 0 bridgehead atoms. The van der Waals surface area contributed by atoms with Crippen molar-refractivity contribution in [2.24, 2.45) is 0 Å². The maximum absolute atomic E-state index is 12.2. The zero-order valence-electron chi connectivity index (χ0n) is 13.9. The molecule has 0 aliphatic heterocycles. The van der Waals surface area contributed by atoms with Crippen LogP contribution in [0, 0.1) is 0 Å². The largest absolute Gasteiger partial charge is 0.497 e. The number of halogens is 1. The highest BCUT2D eigenvalue weighted by molar-refractivity contribution is 7.92. The predicted octanol–water partition coefficient (Wildman–Crippen LogP) is 2.43. The highest BCUT2D eigenvalue weighted by atomic mass is 35.5. The fraction of sp³-hybridized carbons (Fsp3) is 0.235. The van der Waals surface area contributed by atoms with Crippen LogP contribution in [-0.2, 0) is 21.4 Å². The van der Waals surface area contributed by atoms with Gasteiger partial charge in [0.2, 0.25) is 15.9 Å². The Labute approximate surface area is 152 Å². The first-order valence-electron chi connectivity index (χ1n) is 7.42. The van der Waals surface area contributed by atoms with Gasteiger partial charge in [0, 0.05) is 11.6 Å². The van der Waals surface area contributed by atoms with Crippen LogP contribution >= 0.6 is 11.6 Å². The second-order valence-corrected chi connectivity index (χ2v) is 7.72. The van der Waals surface area contributed by atoms with Gasteiger partial charge in [-0.15, -0.1) is 0 Å². The Hall–Kier alpha value is -2.25. The van der Waals surface area contributed by atoms with E-state index in [0.29, 0.717) is 10.7 Å². The van der Waals surface area contributed by atoms with Crippen LogP contribution < -0.4 is 14.4 Å². The highest BCUT2D eigenvalue weighted by Crippen LogP contribution is 2.21. The molecule has 0 aromatic heterocycles. The Morgan fingerprint density at radius 3 is 2.44 bits per heavy atom. The lowest BCUT2D eigenvalue weighted by Crippen LogP contribution is -2.40. The van der Waals surface area contributed by atoms with E-state index in [1.54, 1.807) is 37.4 Å². The van der Waals surface area contributed by atoms with E-state index in [-0.39, 0.29) is 13.1 Å². The minimum Gasteiger partial charge on any atom is -0.497 e. The number of anilines is 1. The second kappa shape index (κ2) is 8.22. The molecule has 0 fully saturated rings. The summed E-state index contributed by atoms with van der Waals surface area (Å²) in [6.07, 6.45) is 1.05. The van der Waals surface area contributed by atoms with Gasteiger partial charge in [0.25, 0.3) is 0 Å². The maximum Gasteiger partial charge on any atom is 0.241 e. The summed E-state index contributed by atoms with van der Waals surface area (Å²) in [6.45, 7) is -0.0364. The molecular formula is C17H19ClN2O4S. The SMILES string of the molecule is COc1ccc(CNC(=O)CN(c2cccc(Cl)c2)S(C)(=O)=O)cc1. The Morgan fingerprint density at radius 2 is 1.88 bits per heavy atom. The predicted molar refractivity (Wildman–Crippen MR) is 98.5 cm³/mol. The summed E-state index contributed by atoms with van der Waals surface area (Å²) in [5, 5.41) is 3.10. The number of nitrogens with zero attached hydrogens (tertiary/aromatic N) is 1. The Morgan fingerprint density at radius 1 is 1.20 bits per heavy atom. The molecule has 8 heteroatoms. The minimum absolute atomic E-state index is 0.288. The third kappa shape index (κ3) is 5.65. The quantitative estimate of drug-likeness (QED) is 0.798. The monoisotopic (exact) mass is 382 g/mol. The highest BCUT2D eigenvalue weighted by Gasteiger charge is 2.20. The van der Waals surface area contributed by atoms with Gasteiger partial charge in [0.1, 0.15) is 12.3 Å². The van der Waals surface area contributed by atoms with Crippen molar-refractivity contribution in [2.45, 2.75) is 6.54 Å². The van der Waals surface area contributed by atoms with E-state index >= 15 is 0 Å². The molecule has 0 aliphatic rings. The van der Waals surface area contributed by atoms with Crippen molar-refractivity contribution in [3.63, 3.8) is 0 Å². The average Bonchev–Trinajstić information content (AvgIpc) is 2.57. The molecule has 0 spiro atoms. The van der Waals surface area contributed by atoms with Crippen molar-refractivity contribution in [1.29, 1.82) is 0 Å². The normalized spacial score (nSPS) is 11.0. The number of sulfonamides is 1. The number of hydrogen-bond donors (Lipinski definition) is 1. The molecule has 1 N–H and O–H groups in total. The molecule has 0 saturated carbocycles. The smallest absolute Gasteiger partial charge is 0.241 e. The maximum atomic E-state index is 12.2. The van der Waals surface area contributed by atoms with E-state index in [0.717, 1.165) is 21.9 Å². The molecule has 0 heterocycles. The van der Waals surface area contributed by atoms with E-state index in [2.05, 4.69) is 5.32 Å². The molecule has 0 atom stereocenters. The van der Waals surface area contributed by atoms with Crippen LogP contribution in [0.5, 0.6) is 5.75 Å². The lowest BCUT2D eigenvalue weighted by Gasteiger charge is -2.22. The summed E-state index contributed by atoms with van der Waals surface area (Å²) in [5.74, 6) is 0.306. The summed E-state index contributed by atoms with van der Waals surface area (Å²) in [6, 6.07) is 13.6. The molecule has 134 valence electrons. The van der Waals surface area contributed by atoms with Crippen molar-refractivity contribution in [3.05, 3.63) is 59.1 Å². The standard InChI is InChI=1S/C17H19ClN2O4S/c1-24-16-8-6-13(7-9-16)11-19-17(21)12-20(25(2,22)23)15-5-3-4-14(18)10-15/h3-10H,11-12H2,1-2H3,(H,19,21). The number of methoxy groups -OCH3 is 1. The lowest BCUT2D eigenvalue weighted by atomic mass is 10.2. The Balaban J connectivity index is 2.04. The van der Waals surface area contributed by atoms with Crippen molar-refractivity contribution in [2.75, 3.05) is 24.2 Å². The first kappa shape index (κ1) is 19.1.